The fourth-order valence-electron chi connectivity index (χ4n) is 0.843. The first kappa shape index (κ1) is 27.5. The second-order valence-corrected chi connectivity index (χ2v) is 4.01. The molecule has 0 aliphatic rings. The quantitative estimate of drug-likeness (QED) is 0.176. The van der Waals surface area contributed by atoms with E-state index in [2.05, 4.69) is 32.1 Å². The average Bonchev–Trinajstić information content (AvgIpc) is 2.50. The third-order valence-corrected chi connectivity index (χ3v) is 1.68. The summed E-state index contributed by atoms with van der Waals surface area (Å²) in [5.74, 6) is -2.40. The van der Waals surface area contributed by atoms with Crippen LogP contribution >= 0.6 is 0 Å². The molecule has 0 saturated heterocycles. The van der Waals surface area contributed by atoms with Crippen LogP contribution in [0.25, 0.3) is 0 Å². The van der Waals surface area contributed by atoms with Gasteiger partial charge in [-0.05, 0) is 0 Å². The molecule has 162 valence electrons. The van der Waals surface area contributed by atoms with Crippen molar-refractivity contribution in [3.8, 4) is 0 Å². The molecular formula is C13H12F8O7. The van der Waals surface area contributed by atoms with Crippen molar-refractivity contribution in [1.82, 2.24) is 0 Å². The number of hydrogen-bond acceptors (Lipinski definition) is 6. The zero-order valence-electron chi connectivity index (χ0n) is 13.5. The Balaban J connectivity index is 0. The zero-order chi connectivity index (χ0) is 22.6. The molecule has 0 aromatic carbocycles. The predicted molar refractivity (Wildman–Crippen MR) is 72.3 cm³/mol. The normalized spacial score (nSPS) is 11.4. The summed E-state index contributed by atoms with van der Waals surface area (Å²) >= 11 is 0. The molecule has 0 spiro atoms. The van der Waals surface area contributed by atoms with Gasteiger partial charge in [0.1, 0.15) is 6.26 Å². The Kier molecular flexibility index (Phi) is 11.7. The number of alkyl halides is 6. The van der Waals surface area contributed by atoms with Crippen LogP contribution in [0.4, 0.5) is 35.1 Å². The topological polar surface area (TPSA) is 91.3 Å². The highest BCUT2D eigenvalue weighted by Crippen LogP contribution is 2.33. The van der Waals surface area contributed by atoms with Crippen molar-refractivity contribution in [2.24, 2.45) is 0 Å². The average molecular weight is 432 g/mol. The van der Waals surface area contributed by atoms with Crippen LogP contribution in [0.15, 0.2) is 37.7 Å². The van der Waals surface area contributed by atoms with E-state index in [1.54, 1.807) is 0 Å². The molecule has 28 heavy (non-hydrogen) atoms. The number of carbonyl (C=O) groups is 2. The van der Waals surface area contributed by atoms with E-state index < -0.39 is 56.0 Å². The second-order valence-electron chi connectivity index (χ2n) is 4.01. The number of rotatable bonds is 11. The summed E-state index contributed by atoms with van der Waals surface area (Å²) < 4.78 is 112. The molecule has 15 heteroatoms. The van der Waals surface area contributed by atoms with Gasteiger partial charge in [0.15, 0.2) is 13.2 Å². The Labute approximate surface area is 151 Å². The summed E-state index contributed by atoms with van der Waals surface area (Å²) in [6.45, 7) is 1.60. The maximum absolute atomic E-state index is 12.9. The van der Waals surface area contributed by atoms with Gasteiger partial charge < -0.3 is 14.6 Å². The highest BCUT2D eigenvalue weighted by Gasteiger charge is 2.53. The molecule has 7 nitrogen and oxygen atoms in total. The van der Waals surface area contributed by atoms with Crippen LogP contribution in [0.1, 0.15) is 0 Å². The summed E-state index contributed by atoms with van der Waals surface area (Å²) in [7, 11) is 0. The third kappa shape index (κ3) is 16.8. The van der Waals surface area contributed by atoms with E-state index >= 15 is 0 Å². The number of hydrogen-bond donors (Lipinski definition) is 1. The Morgan fingerprint density at radius 2 is 1.32 bits per heavy atom. The van der Waals surface area contributed by atoms with Gasteiger partial charge in [-0.2, -0.15) is 26.3 Å². The Morgan fingerprint density at radius 3 is 1.68 bits per heavy atom. The van der Waals surface area contributed by atoms with Crippen molar-refractivity contribution in [3.63, 3.8) is 0 Å². The van der Waals surface area contributed by atoms with Crippen molar-refractivity contribution in [1.29, 1.82) is 0 Å². The van der Waals surface area contributed by atoms with Crippen LogP contribution in [-0.4, -0.2) is 48.8 Å². The van der Waals surface area contributed by atoms with Crippen molar-refractivity contribution >= 4 is 11.9 Å². The van der Waals surface area contributed by atoms with Gasteiger partial charge in [0.05, 0.1) is 0 Å². The molecule has 0 bridgehead atoms. The second kappa shape index (κ2) is 11.9. The number of ether oxygens (including phenoxy) is 4. The molecule has 0 rings (SSSR count). The van der Waals surface area contributed by atoms with E-state index in [0.717, 1.165) is 6.08 Å². The molecule has 1 N–H and O–H groups in total. The molecule has 0 aromatic heterocycles. The molecule has 0 atom stereocenters. The van der Waals surface area contributed by atoms with Gasteiger partial charge in [-0.25, -0.2) is 19.1 Å². The third-order valence-electron chi connectivity index (χ3n) is 1.68. The van der Waals surface area contributed by atoms with E-state index in [0.29, 0.717) is 6.08 Å². The van der Waals surface area contributed by atoms with Gasteiger partial charge in [-0.3, -0.25) is 0 Å². The Hall–Kier alpha value is -2.68. The zero-order valence-corrected chi connectivity index (χ0v) is 13.5. The van der Waals surface area contributed by atoms with E-state index in [4.69, 9.17) is 5.11 Å². The number of carbonyl (C=O) groups excluding carboxylic acids is 1. The van der Waals surface area contributed by atoms with Crippen LogP contribution in [0, 0.1) is 0 Å². The molecule has 0 fully saturated rings. The fourth-order valence-corrected chi connectivity index (χ4v) is 0.843. The number of aliphatic carboxylic acids is 1. The minimum Gasteiger partial charge on any atom is -0.486 e. The van der Waals surface area contributed by atoms with Crippen LogP contribution in [0.2, 0.25) is 0 Å². The highest BCUT2D eigenvalue weighted by atomic mass is 19.3. The lowest BCUT2D eigenvalue weighted by atomic mass is 10.6. The molecule has 0 heterocycles. The molecule has 0 unspecified atom stereocenters. The number of halogens is 8. The Morgan fingerprint density at radius 1 is 0.893 bits per heavy atom. The molecule has 0 saturated carbocycles. The minimum absolute atomic E-state index is 0.424. The van der Waals surface area contributed by atoms with Crippen molar-refractivity contribution in [3.05, 3.63) is 37.7 Å². The Bertz CT molecular complexity index is 573. The minimum atomic E-state index is -5.56. The molecule has 0 aliphatic heterocycles. The van der Waals surface area contributed by atoms with Crippen molar-refractivity contribution in [2.45, 2.75) is 18.5 Å². The number of carboxylic acid groups (broad SMARTS) is 1. The summed E-state index contributed by atoms with van der Waals surface area (Å²) in [6.07, 6.45) is -17.2. The number of carboxylic acids is 1. The lowest BCUT2D eigenvalue weighted by Gasteiger charge is -2.25. The summed E-state index contributed by atoms with van der Waals surface area (Å²) in [6, 6.07) is 0. The smallest absolute Gasteiger partial charge is 0.486 e. The molecule has 0 aliphatic carbocycles. The highest BCUT2D eigenvalue weighted by molar-refractivity contribution is 5.81. The summed E-state index contributed by atoms with van der Waals surface area (Å²) in [5.41, 5.74) is 0. The number of esters is 1. The monoisotopic (exact) mass is 432 g/mol. The first-order valence-electron chi connectivity index (χ1n) is 6.37. The SMILES string of the molecule is C=CC(=O)O.C=CC(=O)OCC(F)(F)OC(F)(F)OC(F)(F)COC=C(F)F. The molecule has 0 radical (unpaired) electrons. The van der Waals surface area contributed by atoms with Gasteiger partial charge in [-0.15, -0.1) is 8.78 Å². The van der Waals surface area contributed by atoms with Gasteiger partial charge in [0.2, 0.25) is 0 Å². The maximum atomic E-state index is 12.9. The lowest BCUT2D eigenvalue weighted by Crippen LogP contribution is -2.44. The van der Waals surface area contributed by atoms with E-state index in [-0.39, 0.29) is 0 Å². The largest absolute Gasteiger partial charge is 0.495 e. The molecular weight excluding hydrogens is 420 g/mol. The van der Waals surface area contributed by atoms with Gasteiger partial charge >= 0.3 is 36.5 Å². The van der Waals surface area contributed by atoms with Crippen LogP contribution in [-0.2, 0) is 28.5 Å². The first-order chi connectivity index (χ1) is 12.6. The van der Waals surface area contributed by atoms with Gasteiger partial charge in [0, 0.05) is 12.2 Å². The first-order valence-corrected chi connectivity index (χ1v) is 6.37. The molecule has 0 aromatic rings. The van der Waals surface area contributed by atoms with Gasteiger partial charge in [-0.1, -0.05) is 13.2 Å². The predicted octanol–water partition coefficient (Wildman–Crippen LogP) is 3.50. The van der Waals surface area contributed by atoms with Crippen molar-refractivity contribution < 1.29 is 68.8 Å². The van der Waals surface area contributed by atoms with Crippen molar-refractivity contribution in [2.75, 3.05) is 13.2 Å². The van der Waals surface area contributed by atoms with E-state index in [9.17, 15) is 44.7 Å². The standard InChI is InChI=1S/C10H8F8O5.C3H4O2/c1-2-7(19)21-5-9(15,16)23-10(17,18)22-8(13,14)4-20-3-6(11)12;1-2-3(4)5/h2-3H,1,4-5H2;2H,1H2,(H,4,5). The lowest BCUT2D eigenvalue weighted by molar-refractivity contribution is -0.517. The van der Waals surface area contributed by atoms with E-state index in [1.165, 1.54) is 0 Å². The van der Waals surface area contributed by atoms with Crippen LogP contribution < -0.4 is 0 Å². The van der Waals surface area contributed by atoms with E-state index in [1.807, 2.05) is 0 Å². The molecule has 0 amide bonds. The summed E-state index contributed by atoms with van der Waals surface area (Å²) in [5, 5.41) is 7.60. The maximum Gasteiger partial charge on any atom is 0.495 e. The fraction of sp³-hybridized carbons (Fsp3) is 0.385. The van der Waals surface area contributed by atoms with Gasteiger partial charge in [0.25, 0.3) is 0 Å². The van der Waals surface area contributed by atoms with Crippen LogP contribution in [0.3, 0.4) is 0 Å². The van der Waals surface area contributed by atoms with Crippen LogP contribution in [0.5, 0.6) is 0 Å². The summed E-state index contributed by atoms with van der Waals surface area (Å²) in [4.78, 5) is 19.7.